The van der Waals surface area contributed by atoms with Gasteiger partial charge < -0.3 is 16.0 Å². The monoisotopic (exact) mass is 242 g/mol. The van der Waals surface area contributed by atoms with E-state index in [0.717, 1.165) is 19.6 Å². The summed E-state index contributed by atoms with van der Waals surface area (Å²) in [7, 11) is 2.14. The fourth-order valence-corrected chi connectivity index (χ4v) is 2.18. The molecule has 0 bridgehead atoms. The van der Waals surface area contributed by atoms with Crippen molar-refractivity contribution in [2.75, 3.05) is 33.2 Å². The number of primary amides is 1. The molecule has 0 aromatic carbocycles. The number of nitrogens with zero attached hydrogens (tertiary/aromatic N) is 2. The molecular weight excluding hydrogens is 216 g/mol. The highest BCUT2D eigenvalue weighted by Gasteiger charge is 2.25. The topological polar surface area (TPSA) is 61.6 Å². The number of carbonyl (C=O) groups excluding carboxylic acids is 1. The minimum absolute atomic E-state index is 0.245. The lowest BCUT2D eigenvalue weighted by atomic mass is 10.1. The molecule has 0 aromatic heterocycles. The minimum Gasteiger partial charge on any atom is -0.368 e. The molecular formula is C12H26N4O. The van der Waals surface area contributed by atoms with Gasteiger partial charge in [0.25, 0.3) is 0 Å². The van der Waals surface area contributed by atoms with Gasteiger partial charge in [0.15, 0.2) is 0 Å². The Hall–Kier alpha value is -0.650. The van der Waals surface area contributed by atoms with E-state index in [4.69, 9.17) is 5.73 Å². The molecule has 1 fully saturated rings. The van der Waals surface area contributed by atoms with Gasteiger partial charge in [0.2, 0.25) is 5.91 Å². The Morgan fingerprint density at radius 3 is 2.59 bits per heavy atom. The zero-order chi connectivity index (χ0) is 13.0. The summed E-state index contributed by atoms with van der Waals surface area (Å²) < 4.78 is 0. The zero-order valence-corrected chi connectivity index (χ0v) is 11.4. The quantitative estimate of drug-likeness (QED) is 0.681. The Labute approximate surface area is 104 Å². The molecule has 1 heterocycles. The Morgan fingerprint density at radius 1 is 1.47 bits per heavy atom. The molecule has 5 heteroatoms. The second-order valence-electron chi connectivity index (χ2n) is 5.37. The molecule has 0 aromatic rings. The number of piperazine rings is 1. The molecule has 0 radical (unpaired) electrons. The van der Waals surface area contributed by atoms with Gasteiger partial charge in [0, 0.05) is 38.3 Å². The third-order valence-electron chi connectivity index (χ3n) is 3.36. The third kappa shape index (κ3) is 4.61. The Bertz CT molecular complexity index is 257. The summed E-state index contributed by atoms with van der Waals surface area (Å²) in [5.41, 5.74) is 5.43. The maximum atomic E-state index is 11.4. The predicted octanol–water partition coefficient (Wildman–Crippen LogP) is -0.526. The van der Waals surface area contributed by atoms with E-state index in [2.05, 4.69) is 29.1 Å². The first-order chi connectivity index (χ1) is 7.90. The van der Waals surface area contributed by atoms with Crippen molar-refractivity contribution in [3.8, 4) is 0 Å². The maximum absolute atomic E-state index is 11.4. The van der Waals surface area contributed by atoms with Crippen LogP contribution in [0.3, 0.4) is 0 Å². The number of hydrogen-bond acceptors (Lipinski definition) is 4. The van der Waals surface area contributed by atoms with E-state index in [1.54, 1.807) is 0 Å². The molecule has 5 nitrogen and oxygen atoms in total. The lowest BCUT2D eigenvalue weighted by Crippen LogP contribution is -2.56. The second-order valence-corrected chi connectivity index (χ2v) is 5.37. The maximum Gasteiger partial charge on any atom is 0.235 e. The number of hydrogen-bond donors (Lipinski definition) is 2. The van der Waals surface area contributed by atoms with Crippen LogP contribution in [0.5, 0.6) is 0 Å². The van der Waals surface area contributed by atoms with Crippen LogP contribution in [0.15, 0.2) is 0 Å². The van der Waals surface area contributed by atoms with E-state index >= 15 is 0 Å². The molecule has 2 unspecified atom stereocenters. The molecule has 1 amide bonds. The van der Waals surface area contributed by atoms with Gasteiger partial charge in [-0.05, 0) is 14.0 Å². The fourth-order valence-electron chi connectivity index (χ4n) is 2.18. The van der Waals surface area contributed by atoms with Gasteiger partial charge >= 0.3 is 0 Å². The normalized spacial score (nSPS) is 25.1. The van der Waals surface area contributed by atoms with Crippen molar-refractivity contribution in [3.63, 3.8) is 0 Å². The lowest BCUT2D eigenvalue weighted by Gasteiger charge is -2.39. The largest absolute Gasteiger partial charge is 0.368 e. The zero-order valence-electron chi connectivity index (χ0n) is 11.4. The summed E-state index contributed by atoms with van der Waals surface area (Å²) in [6.45, 7) is 10.0. The van der Waals surface area contributed by atoms with Crippen LogP contribution in [0.25, 0.3) is 0 Å². The van der Waals surface area contributed by atoms with E-state index in [0.29, 0.717) is 12.6 Å². The molecule has 2 atom stereocenters. The smallest absolute Gasteiger partial charge is 0.235 e. The fraction of sp³-hybridized carbons (Fsp3) is 0.917. The Morgan fingerprint density at radius 2 is 2.12 bits per heavy atom. The van der Waals surface area contributed by atoms with E-state index in [1.807, 2.05) is 13.8 Å². The van der Waals surface area contributed by atoms with Crippen molar-refractivity contribution >= 4 is 5.91 Å². The standard InChI is InChI=1S/C12H26N4O/c1-9(2)14-11(12(13)17)8-16-6-5-15(4)10(3)7-16/h9-11,14H,5-8H2,1-4H3,(H2,13,17). The number of carbonyl (C=O) groups is 1. The summed E-state index contributed by atoms with van der Waals surface area (Å²) >= 11 is 0. The molecule has 1 aliphatic rings. The first-order valence-corrected chi connectivity index (χ1v) is 6.38. The van der Waals surface area contributed by atoms with Crippen molar-refractivity contribution in [1.82, 2.24) is 15.1 Å². The van der Waals surface area contributed by atoms with Crippen molar-refractivity contribution in [1.29, 1.82) is 0 Å². The van der Waals surface area contributed by atoms with Gasteiger partial charge in [-0.2, -0.15) is 0 Å². The molecule has 17 heavy (non-hydrogen) atoms. The van der Waals surface area contributed by atoms with Gasteiger partial charge in [-0.3, -0.25) is 9.69 Å². The highest BCUT2D eigenvalue weighted by Crippen LogP contribution is 2.07. The molecule has 1 aliphatic heterocycles. The van der Waals surface area contributed by atoms with E-state index < -0.39 is 0 Å². The average molecular weight is 242 g/mol. The van der Waals surface area contributed by atoms with Gasteiger partial charge in [0.05, 0.1) is 6.04 Å². The van der Waals surface area contributed by atoms with Crippen LogP contribution >= 0.6 is 0 Å². The van der Waals surface area contributed by atoms with Crippen molar-refractivity contribution in [2.24, 2.45) is 5.73 Å². The number of amides is 1. The van der Waals surface area contributed by atoms with Crippen LogP contribution in [0, 0.1) is 0 Å². The number of likely N-dealkylation sites (N-methyl/N-ethyl adjacent to an activating group) is 1. The van der Waals surface area contributed by atoms with Crippen LogP contribution < -0.4 is 11.1 Å². The van der Waals surface area contributed by atoms with Crippen LogP contribution in [0.4, 0.5) is 0 Å². The predicted molar refractivity (Wildman–Crippen MR) is 69.8 cm³/mol. The Kier molecular flexibility index (Phi) is 5.36. The van der Waals surface area contributed by atoms with Crippen molar-refractivity contribution in [2.45, 2.75) is 38.9 Å². The molecule has 0 aliphatic carbocycles. The third-order valence-corrected chi connectivity index (χ3v) is 3.36. The van der Waals surface area contributed by atoms with Crippen LogP contribution in [-0.4, -0.2) is 67.1 Å². The number of nitrogens with two attached hydrogens (primary N) is 1. The summed E-state index contributed by atoms with van der Waals surface area (Å²) in [6, 6.07) is 0.569. The number of rotatable bonds is 5. The lowest BCUT2D eigenvalue weighted by molar-refractivity contribution is -0.120. The van der Waals surface area contributed by atoms with Gasteiger partial charge in [-0.25, -0.2) is 0 Å². The van der Waals surface area contributed by atoms with E-state index in [-0.39, 0.29) is 18.0 Å². The summed E-state index contributed by atoms with van der Waals surface area (Å²) in [4.78, 5) is 16.0. The molecule has 0 saturated carbocycles. The molecule has 0 spiro atoms. The summed E-state index contributed by atoms with van der Waals surface area (Å²) in [5, 5.41) is 3.22. The van der Waals surface area contributed by atoms with E-state index in [1.165, 1.54) is 0 Å². The van der Waals surface area contributed by atoms with Crippen LogP contribution in [0.1, 0.15) is 20.8 Å². The van der Waals surface area contributed by atoms with Gasteiger partial charge in [-0.15, -0.1) is 0 Å². The van der Waals surface area contributed by atoms with Crippen molar-refractivity contribution < 1.29 is 4.79 Å². The SMILES string of the molecule is CC(C)NC(CN1CCN(C)C(C)C1)C(N)=O. The molecule has 1 rings (SSSR count). The first kappa shape index (κ1) is 14.4. The highest BCUT2D eigenvalue weighted by atomic mass is 16.1. The average Bonchev–Trinajstić information content (AvgIpc) is 2.21. The minimum atomic E-state index is -0.259. The first-order valence-electron chi connectivity index (χ1n) is 6.38. The summed E-state index contributed by atoms with van der Waals surface area (Å²) in [6.07, 6.45) is 0. The highest BCUT2D eigenvalue weighted by molar-refractivity contribution is 5.80. The van der Waals surface area contributed by atoms with E-state index in [9.17, 15) is 4.79 Å². The van der Waals surface area contributed by atoms with Crippen LogP contribution in [0.2, 0.25) is 0 Å². The molecule has 3 N–H and O–H groups in total. The summed E-state index contributed by atoms with van der Waals surface area (Å²) in [5.74, 6) is -0.259. The van der Waals surface area contributed by atoms with Crippen molar-refractivity contribution in [3.05, 3.63) is 0 Å². The second kappa shape index (κ2) is 6.33. The molecule has 100 valence electrons. The van der Waals surface area contributed by atoms with Gasteiger partial charge in [-0.1, -0.05) is 13.8 Å². The molecule has 1 saturated heterocycles. The Balaban J connectivity index is 2.47. The van der Waals surface area contributed by atoms with Crippen LogP contribution in [-0.2, 0) is 4.79 Å². The van der Waals surface area contributed by atoms with Gasteiger partial charge in [0.1, 0.15) is 0 Å². The number of nitrogens with one attached hydrogen (secondary N) is 1.